The number of aromatic nitrogens is 3. The number of hydrogen-bond acceptors (Lipinski definition) is 6. The maximum atomic E-state index is 12.8. The molecule has 2 heterocycles. The standard InChI is InChI=1S/C21H31N5O5/c1-5-25-19(23-26(21(25)28)12-13-29-2)15-8-10-24(11-9-15)20(27)22-17-7-6-16(30-3)14-18(17)31-4/h6-7,14-15H,5,8-13H2,1-4H3,(H,22,27). The summed E-state index contributed by atoms with van der Waals surface area (Å²) in [7, 11) is 4.73. The average Bonchev–Trinajstić information content (AvgIpc) is 3.13. The summed E-state index contributed by atoms with van der Waals surface area (Å²) in [6.07, 6.45) is 1.49. The first-order valence-corrected chi connectivity index (χ1v) is 10.5. The number of anilines is 1. The number of carbonyl (C=O) groups excluding carboxylic acids is 1. The van der Waals surface area contributed by atoms with Crippen LogP contribution in [0.25, 0.3) is 0 Å². The Morgan fingerprint density at radius 2 is 1.94 bits per heavy atom. The average molecular weight is 434 g/mol. The molecule has 1 saturated heterocycles. The van der Waals surface area contributed by atoms with Gasteiger partial charge >= 0.3 is 11.7 Å². The van der Waals surface area contributed by atoms with Crippen LogP contribution in [0.2, 0.25) is 0 Å². The number of piperidine rings is 1. The van der Waals surface area contributed by atoms with E-state index in [4.69, 9.17) is 14.2 Å². The fourth-order valence-corrected chi connectivity index (χ4v) is 3.82. The van der Waals surface area contributed by atoms with Gasteiger partial charge in [-0.25, -0.2) is 14.3 Å². The van der Waals surface area contributed by atoms with Gasteiger partial charge in [0.1, 0.15) is 17.3 Å². The van der Waals surface area contributed by atoms with Crippen LogP contribution in [0.5, 0.6) is 11.5 Å². The molecule has 1 fully saturated rings. The van der Waals surface area contributed by atoms with E-state index >= 15 is 0 Å². The predicted molar refractivity (Wildman–Crippen MR) is 116 cm³/mol. The quantitative estimate of drug-likeness (QED) is 0.685. The molecular weight excluding hydrogens is 402 g/mol. The van der Waals surface area contributed by atoms with Gasteiger partial charge in [0.2, 0.25) is 0 Å². The first kappa shape index (κ1) is 22.7. The van der Waals surface area contributed by atoms with E-state index in [1.165, 1.54) is 4.68 Å². The Balaban J connectivity index is 1.64. The largest absolute Gasteiger partial charge is 0.497 e. The molecule has 0 atom stereocenters. The van der Waals surface area contributed by atoms with Gasteiger partial charge < -0.3 is 24.4 Å². The minimum absolute atomic E-state index is 0.110. The van der Waals surface area contributed by atoms with Gasteiger partial charge in [-0.15, -0.1) is 0 Å². The minimum atomic E-state index is -0.180. The van der Waals surface area contributed by atoms with E-state index in [-0.39, 0.29) is 17.6 Å². The van der Waals surface area contributed by atoms with Gasteiger partial charge in [0.15, 0.2) is 0 Å². The zero-order valence-electron chi connectivity index (χ0n) is 18.6. The molecular formula is C21H31N5O5. The Hall–Kier alpha value is -3.01. The van der Waals surface area contributed by atoms with E-state index in [0.717, 1.165) is 18.7 Å². The number of hydrogen-bond donors (Lipinski definition) is 1. The van der Waals surface area contributed by atoms with E-state index in [9.17, 15) is 9.59 Å². The number of nitrogens with one attached hydrogen (secondary N) is 1. The van der Waals surface area contributed by atoms with E-state index < -0.39 is 0 Å². The zero-order chi connectivity index (χ0) is 22.4. The smallest absolute Gasteiger partial charge is 0.345 e. The molecule has 10 heteroatoms. The summed E-state index contributed by atoms with van der Waals surface area (Å²) in [5.74, 6) is 2.12. The molecule has 0 unspecified atom stereocenters. The van der Waals surface area contributed by atoms with Crippen LogP contribution in [0.4, 0.5) is 10.5 Å². The molecule has 3 rings (SSSR count). The monoisotopic (exact) mass is 433 g/mol. The summed E-state index contributed by atoms with van der Waals surface area (Å²) < 4.78 is 18.8. The molecule has 1 aliphatic heterocycles. The van der Waals surface area contributed by atoms with Gasteiger partial charge in [0.25, 0.3) is 0 Å². The van der Waals surface area contributed by atoms with Gasteiger partial charge in [-0.05, 0) is 31.9 Å². The van der Waals surface area contributed by atoms with Crippen molar-refractivity contribution >= 4 is 11.7 Å². The minimum Gasteiger partial charge on any atom is -0.497 e. The van der Waals surface area contributed by atoms with E-state index in [1.54, 1.807) is 49.0 Å². The molecule has 0 saturated carbocycles. The molecule has 1 aliphatic rings. The molecule has 10 nitrogen and oxygen atoms in total. The third-order valence-corrected chi connectivity index (χ3v) is 5.57. The van der Waals surface area contributed by atoms with Crippen molar-refractivity contribution in [3.8, 4) is 11.5 Å². The molecule has 1 N–H and O–H groups in total. The number of benzene rings is 1. The maximum Gasteiger partial charge on any atom is 0.345 e. The van der Waals surface area contributed by atoms with Crippen LogP contribution in [0.1, 0.15) is 31.5 Å². The second kappa shape index (κ2) is 10.3. The lowest BCUT2D eigenvalue weighted by molar-refractivity contribution is 0.181. The van der Waals surface area contributed by atoms with E-state index in [2.05, 4.69) is 10.4 Å². The Morgan fingerprint density at radius 3 is 2.55 bits per heavy atom. The topological polar surface area (TPSA) is 99.9 Å². The molecule has 2 amide bonds. The molecule has 0 aliphatic carbocycles. The van der Waals surface area contributed by atoms with Gasteiger partial charge in [-0.2, -0.15) is 5.10 Å². The van der Waals surface area contributed by atoms with Gasteiger partial charge in [0.05, 0.1) is 33.1 Å². The van der Waals surface area contributed by atoms with Crippen molar-refractivity contribution in [2.45, 2.75) is 38.8 Å². The fourth-order valence-electron chi connectivity index (χ4n) is 3.82. The van der Waals surface area contributed by atoms with Crippen LogP contribution in [0.15, 0.2) is 23.0 Å². The molecule has 0 radical (unpaired) electrons. The Morgan fingerprint density at radius 1 is 1.19 bits per heavy atom. The molecule has 1 aromatic heterocycles. The Kier molecular flexibility index (Phi) is 7.56. The molecule has 2 aromatic rings. The van der Waals surface area contributed by atoms with Crippen LogP contribution < -0.4 is 20.5 Å². The van der Waals surface area contributed by atoms with Crippen LogP contribution in [-0.4, -0.2) is 66.3 Å². The van der Waals surface area contributed by atoms with Gasteiger partial charge in [-0.1, -0.05) is 0 Å². The fraction of sp³-hybridized carbons (Fsp3) is 0.571. The van der Waals surface area contributed by atoms with Crippen molar-refractivity contribution in [1.82, 2.24) is 19.2 Å². The molecule has 31 heavy (non-hydrogen) atoms. The first-order chi connectivity index (χ1) is 15.0. The van der Waals surface area contributed by atoms with Crippen LogP contribution in [0, 0.1) is 0 Å². The molecule has 0 bridgehead atoms. The second-order valence-electron chi connectivity index (χ2n) is 7.36. The summed E-state index contributed by atoms with van der Waals surface area (Å²) >= 11 is 0. The molecule has 0 spiro atoms. The Bertz CT molecular complexity index is 946. The van der Waals surface area contributed by atoms with E-state index in [1.807, 2.05) is 6.92 Å². The van der Waals surface area contributed by atoms with Gasteiger partial charge in [-0.3, -0.25) is 4.57 Å². The third-order valence-electron chi connectivity index (χ3n) is 5.57. The highest BCUT2D eigenvalue weighted by Gasteiger charge is 2.28. The summed E-state index contributed by atoms with van der Waals surface area (Å²) in [4.78, 5) is 27.1. The summed E-state index contributed by atoms with van der Waals surface area (Å²) in [6, 6.07) is 5.08. The van der Waals surface area contributed by atoms with Crippen LogP contribution in [0.3, 0.4) is 0 Å². The van der Waals surface area contributed by atoms with Crippen molar-refractivity contribution < 1.29 is 19.0 Å². The van der Waals surface area contributed by atoms with Crippen molar-refractivity contribution in [3.05, 3.63) is 34.5 Å². The van der Waals surface area contributed by atoms with Gasteiger partial charge in [0, 0.05) is 38.7 Å². The molecule has 1 aromatic carbocycles. The van der Waals surface area contributed by atoms with Crippen molar-refractivity contribution in [2.24, 2.45) is 0 Å². The highest BCUT2D eigenvalue weighted by Crippen LogP contribution is 2.30. The first-order valence-electron chi connectivity index (χ1n) is 10.5. The predicted octanol–water partition coefficient (Wildman–Crippen LogP) is 2.14. The number of likely N-dealkylation sites (tertiary alicyclic amines) is 1. The van der Waals surface area contributed by atoms with Crippen molar-refractivity contribution in [2.75, 3.05) is 46.3 Å². The SMILES string of the molecule is CCn1c(C2CCN(C(=O)Nc3ccc(OC)cc3OC)CC2)nn(CCOC)c1=O. The third kappa shape index (κ3) is 5.01. The molecule has 170 valence electrons. The van der Waals surface area contributed by atoms with Crippen molar-refractivity contribution in [3.63, 3.8) is 0 Å². The number of urea groups is 1. The Labute approximate surface area is 181 Å². The lowest BCUT2D eigenvalue weighted by Crippen LogP contribution is -2.41. The number of methoxy groups -OCH3 is 3. The van der Waals surface area contributed by atoms with E-state index in [0.29, 0.717) is 50.0 Å². The summed E-state index contributed by atoms with van der Waals surface area (Å²) in [6.45, 7) is 4.54. The van der Waals surface area contributed by atoms with Crippen molar-refractivity contribution in [1.29, 1.82) is 0 Å². The number of carbonyl (C=O) groups is 1. The van der Waals surface area contributed by atoms with Crippen LogP contribution >= 0.6 is 0 Å². The number of rotatable bonds is 8. The highest BCUT2D eigenvalue weighted by atomic mass is 16.5. The number of nitrogens with zero attached hydrogens (tertiary/aromatic N) is 4. The highest BCUT2D eigenvalue weighted by molar-refractivity contribution is 5.91. The van der Waals surface area contributed by atoms with Crippen LogP contribution in [-0.2, 0) is 17.8 Å². The number of amides is 2. The maximum absolute atomic E-state index is 12.8. The normalized spacial score (nSPS) is 14.5. The summed E-state index contributed by atoms with van der Waals surface area (Å²) in [5, 5.41) is 7.47. The number of ether oxygens (including phenoxy) is 3. The summed E-state index contributed by atoms with van der Waals surface area (Å²) in [5.41, 5.74) is 0.480. The second-order valence-corrected chi connectivity index (χ2v) is 7.36. The lowest BCUT2D eigenvalue weighted by atomic mass is 9.96. The zero-order valence-corrected chi connectivity index (χ0v) is 18.6. The lowest BCUT2D eigenvalue weighted by Gasteiger charge is -2.31.